The molecule has 1 aliphatic heterocycles. The molecule has 1 atom stereocenters. The minimum atomic E-state index is -0.188. The highest BCUT2D eigenvalue weighted by molar-refractivity contribution is 5.84. The van der Waals surface area contributed by atoms with E-state index in [0.29, 0.717) is 6.04 Å². The first kappa shape index (κ1) is 14.2. The number of piperidine rings is 1. The summed E-state index contributed by atoms with van der Waals surface area (Å²) in [7, 11) is 0. The molecule has 4 heteroatoms. The first-order chi connectivity index (χ1) is 10.2. The molecular formula is C17H25N3O. The monoisotopic (exact) mass is 287 g/mol. The molecular weight excluding hydrogens is 262 g/mol. The van der Waals surface area contributed by atoms with Crippen molar-refractivity contribution in [3.05, 3.63) is 24.3 Å². The van der Waals surface area contributed by atoms with Crippen molar-refractivity contribution in [1.82, 2.24) is 5.32 Å². The largest absolute Gasteiger partial charge is 0.374 e. The van der Waals surface area contributed by atoms with Gasteiger partial charge in [0.1, 0.15) is 6.04 Å². The molecule has 4 nitrogen and oxygen atoms in total. The second kappa shape index (κ2) is 6.37. The minimum absolute atomic E-state index is 0.0950. The Labute approximate surface area is 126 Å². The highest BCUT2D eigenvalue weighted by Crippen LogP contribution is 2.22. The molecule has 1 aromatic carbocycles. The molecule has 1 aliphatic carbocycles. The molecule has 2 N–H and O–H groups in total. The lowest BCUT2D eigenvalue weighted by Gasteiger charge is -2.29. The molecule has 1 amide bonds. The van der Waals surface area contributed by atoms with Crippen LogP contribution in [0.25, 0.3) is 0 Å². The van der Waals surface area contributed by atoms with Gasteiger partial charge in [-0.25, -0.2) is 0 Å². The lowest BCUT2D eigenvalue weighted by atomic mass is 10.1. The third-order valence-electron chi connectivity index (χ3n) is 4.29. The van der Waals surface area contributed by atoms with Gasteiger partial charge in [-0.3, -0.25) is 4.79 Å². The van der Waals surface area contributed by atoms with Crippen molar-refractivity contribution in [2.75, 3.05) is 23.3 Å². The summed E-state index contributed by atoms with van der Waals surface area (Å²) in [6, 6.07) is 8.68. The molecule has 0 radical (unpaired) electrons. The number of nitrogens with zero attached hydrogens (tertiary/aromatic N) is 1. The topological polar surface area (TPSA) is 44.4 Å². The SMILES string of the molecule is CC(Nc1ccc(N2CCCCC2)cc1)C(=O)NC1CC1. The molecule has 2 aliphatic rings. The fourth-order valence-corrected chi connectivity index (χ4v) is 2.79. The number of hydrogen-bond acceptors (Lipinski definition) is 3. The van der Waals surface area contributed by atoms with Crippen molar-refractivity contribution in [2.24, 2.45) is 0 Å². The van der Waals surface area contributed by atoms with Gasteiger partial charge in [0.05, 0.1) is 0 Å². The zero-order valence-corrected chi connectivity index (χ0v) is 12.8. The first-order valence-corrected chi connectivity index (χ1v) is 8.14. The van der Waals surface area contributed by atoms with Gasteiger partial charge in [-0.05, 0) is 63.3 Å². The summed E-state index contributed by atoms with van der Waals surface area (Å²) >= 11 is 0. The second-order valence-electron chi connectivity index (χ2n) is 6.24. The van der Waals surface area contributed by atoms with E-state index in [-0.39, 0.29) is 11.9 Å². The van der Waals surface area contributed by atoms with Gasteiger partial charge in [-0.1, -0.05) is 0 Å². The fraction of sp³-hybridized carbons (Fsp3) is 0.588. The number of hydrogen-bond donors (Lipinski definition) is 2. The third-order valence-corrected chi connectivity index (χ3v) is 4.29. The van der Waals surface area contributed by atoms with Crippen molar-refractivity contribution in [3.63, 3.8) is 0 Å². The van der Waals surface area contributed by atoms with Gasteiger partial charge in [-0.15, -0.1) is 0 Å². The number of nitrogens with one attached hydrogen (secondary N) is 2. The molecule has 114 valence electrons. The maximum atomic E-state index is 11.9. The van der Waals surface area contributed by atoms with E-state index < -0.39 is 0 Å². The van der Waals surface area contributed by atoms with Crippen molar-refractivity contribution in [2.45, 2.75) is 51.1 Å². The quantitative estimate of drug-likeness (QED) is 0.875. The van der Waals surface area contributed by atoms with Crippen LogP contribution in [-0.2, 0) is 4.79 Å². The Morgan fingerprint density at radius 1 is 1.14 bits per heavy atom. The van der Waals surface area contributed by atoms with E-state index in [1.807, 2.05) is 6.92 Å². The second-order valence-corrected chi connectivity index (χ2v) is 6.24. The lowest BCUT2D eigenvalue weighted by molar-refractivity contribution is -0.121. The summed E-state index contributed by atoms with van der Waals surface area (Å²) in [5.41, 5.74) is 2.30. The van der Waals surface area contributed by atoms with E-state index >= 15 is 0 Å². The minimum Gasteiger partial charge on any atom is -0.374 e. The van der Waals surface area contributed by atoms with Crippen LogP contribution < -0.4 is 15.5 Å². The normalized spacial score (nSPS) is 20.0. The molecule has 1 saturated heterocycles. The van der Waals surface area contributed by atoms with Gasteiger partial charge >= 0.3 is 0 Å². The van der Waals surface area contributed by atoms with Gasteiger partial charge in [-0.2, -0.15) is 0 Å². The third kappa shape index (κ3) is 3.90. The van der Waals surface area contributed by atoms with Gasteiger partial charge in [0.25, 0.3) is 0 Å². The lowest BCUT2D eigenvalue weighted by Crippen LogP contribution is -2.38. The zero-order chi connectivity index (χ0) is 14.7. The molecule has 0 bridgehead atoms. The number of carbonyl (C=O) groups excluding carboxylic acids is 1. The molecule has 2 fully saturated rings. The van der Waals surface area contributed by atoms with Crippen LogP contribution in [0.2, 0.25) is 0 Å². The van der Waals surface area contributed by atoms with E-state index in [2.05, 4.69) is 39.8 Å². The molecule has 1 aromatic rings. The summed E-state index contributed by atoms with van der Waals surface area (Å²) in [5, 5.41) is 6.30. The van der Waals surface area contributed by atoms with Crippen molar-refractivity contribution in [1.29, 1.82) is 0 Å². The van der Waals surface area contributed by atoms with Crippen LogP contribution in [0.1, 0.15) is 39.0 Å². The first-order valence-electron chi connectivity index (χ1n) is 8.14. The highest BCUT2D eigenvalue weighted by Gasteiger charge is 2.25. The van der Waals surface area contributed by atoms with E-state index in [9.17, 15) is 4.79 Å². The van der Waals surface area contributed by atoms with Crippen LogP contribution in [0, 0.1) is 0 Å². The van der Waals surface area contributed by atoms with Crippen molar-refractivity contribution >= 4 is 17.3 Å². The van der Waals surface area contributed by atoms with Gasteiger partial charge in [0.2, 0.25) is 5.91 Å². The van der Waals surface area contributed by atoms with Crippen LogP contribution in [0.4, 0.5) is 11.4 Å². The Morgan fingerprint density at radius 3 is 2.43 bits per heavy atom. The van der Waals surface area contributed by atoms with E-state index in [1.54, 1.807) is 0 Å². The van der Waals surface area contributed by atoms with E-state index in [1.165, 1.54) is 24.9 Å². The molecule has 1 unspecified atom stereocenters. The summed E-state index contributed by atoms with van der Waals surface area (Å²) in [5.74, 6) is 0.0950. The molecule has 0 aromatic heterocycles. The van der Waals surface area contributed by atoms with Crippen molar-refractivity contribution < 1.29 is 4.79 Å². The number of rotatable bonds is 5. The average Bonchev–Trinajstić information content (AvgIpc) is 3.33. The number of amides is 1. The van der Waals surface area contributed by atoms with Crippen LogP contribution in [0.3, 0.4) is 0 Å². The highest BCUT2D eigenvalue weighted by atomic mass is 16.2. The van der Waals surface area contributed by atoms with E-state index in [0.717, 1.165) is 31.6 Å². The molecule has 21 heavy (non-hydrogen) atoms. The summed E-state index contributed by atoms with van der Waals surface area (Å²) in [6.07, 6.45) is 6.19. The average molecular weight is 287 g/mol. The van der Waals surface area contributed by atoms with Crippen LogP contribution in [0.5, 0.6) is 0 Å². The maximum Gasteiger partial charge on any atom is 0.242 e. The van der Waals surface area contributed by atoms with Crippen LogP contribution in [-0.4, -0.2) is 31.1 Å². The smallest absolute Gasteiger partial charge is 0.242 e. The predicted octanol–water partition coefficient (Wildman–Crippen LogP) is 2.76. The molecule has 3 rings (SSSR count). The standard InChI is InChI=1S/C17H25N3O/c1-13(17(21)19-15-5-6-15)18-14-7-9-16(10-8-14)20-11-3-2-4-12-20/h7-10,13,15,18H,2-6,11-12H2,1H3,(H,19,21). The molecule has 1 saturated carbocycles. The van der Waals surface area contributed by atoms with Crippen LogP contribution in [0.15, 0.2) is 24.3 Å². The molecule has 0 spiro atoms. The summed E-state index contributed by atoms with van der Waals surface area (Å²) < 4.78 is 0. The van der Waals surface area contributed by atoms with E-state index in [4.69, 9.17) is 0 Å². The van der Waals surface area contributed by atoms with Gasteiger partial charge < -0.3 is 15.5 Å². The molecule has 1 heterocycles. The number of benzene rings is 1. The number of carbonyl (C=O) groups is 1. The Hall–Kier alpha value is -1.71. The van der Waals surface area contributed by atoms with Gasteiger partial charge in [0, 0.05) is 30.5 Å². The Bertz CT molecular complexity index is 475. The van der Waals surface area contributed by atoms with Crippen molar-refractivity contribution in [3.8, 4) is 0 Å². The fourth-order valence-electron chi connectivity index (χ4n) is 2.79. The Balaban J connectivity index is 1.54. The Morgan fingerprint density at radius 2 is 1.81 bits per heavy atom. The Kier molecular flexibility index (Phi) is 4.32. The summed E-state index contributed by atoms with van der Waals surface area (Å²) in [4.78, 5) is 14.4. The zero-order valence-electron chi connectivity index (χ0n) is 12.8. The van der Waals surface area contributed by atoms with Gasteiger partial charge in [0.15, 0.2) is 0 Å². The number of anilines is 2. The predicted molar refractivity (Wildman–Crippen MR) is 86.8 cm³/mol. The summed E-state index contributed by atoms with van der Waals surface area (Å²) in [6.45, 7) is 4.23. The van der Waals surface area contributed by atoms with Crippen LogP contribution >= 0.6 is 0 Å². The maximum absolute atomic E-state index is 11.9.